The molecule has 0 aliphatic carbocycles. The summed E-state index contributed by atoms with van der Waals surface area (Å²) in [6.45, 7) is 0. The first-order valence-corrected chi connectivity index (χ1v) is 13.0. The largest absolute Gasteiger partial charge is 0.456 e. The van der Waals surface area contributed by atoms with Crippen molar-refractivity contribution in [3.63, 3.8) is 0 Å². The number of aromatic nitrogens is 3. The van der Waals surface area contributed by atoms with E-state index in [0.717, 1.165) is 60.2 Å². The quantitative estimate of drug-likeness (QED) is 0.243. The highest BCUT2D eigenvalue weighted by molar-refractivity contribution is 6.06. The SMILES string of the molecule is c1ccc2c(-c3nc(-c4ccc5c(c4)oc4ccccc45)nc(-c4cccc5ccccc45)n3)cccc2c1. The molecule has 0 spiro atoms. The van der Waals surface area contributed by atoms with E-state index < -0.39 is 0 Å². The Kier molecular flexibility index (Phi) is 4.79. The zero-order valence-corrected chi connectivity index (χ0v) is 20.9. The zero-order chi connectivity index (χ0) is 25.8. The normalized spacial score (nSPS) is 11.6. The molecule has 0 saturated carbocycles. The van der Waals surface area contributed by atoms with Crippen molar-refractivity contribution < 1.29 is 4.42 Å². The maximum Gasteiger partial charge on any atom is 0.164 e. The monoisotopic (exact) mass is 499 g/mol. The average molecular weight is 500 g/mol. The fourth-order valence-electron chi connectivity index (χ4n) is 5.45. The highest BCUT2D eigenvalue weighted by Crippen LogP contribution is 2.34. The summed E-state index contributed by atoms with van der Waals surface area (Å²) < 4.78 is 6.19. The summed E-state index contributed by atoms with van der Waals surface area (Å²) in [6.07, 6.45) is 0. The molecular weight excluding hydrogens is 478 g/mol. The Bertz CT molecular complexity index is 2090. The third-order valence-electron chi connectivity index (χ3n) is 7.33. The van der Waals surface area contributed by atoms with E-state index in [0.29, 0.717) is 17.5 Å². The van der Waals surface area contributed by atoms with Crippen molar-refractivity contribution in [2.75, 3.05) is 0 Å². The Morgan fingerprint density at radius 3 is 1.56 bits per heavy atom. The van der Waals surface area contributed by atoms with Crippen molar-refractivity contribution in [1.29, 1.82) is 0 Å². The van der Waals surface area contributed by atoms with Crippen LogP contribution in [0.4, 0.5) is 0 Å². The van der Waals surface area contributed by atoms with Crippen LogP contribution >= 0.6 is 0 Å². The van der Waals surface area contributed by atoms with Crippen LogP contribution < -0.4 is 0 Å². The predicted molar refractivity (Wildman–Crippen MR) is 158 cm³/mol. The fraction of sp³-hybridized carbons (Fsp3) is 0. The van der Waals surface area contributed by atoms with E-state index in [-0.39, 0.29) is 0 Å². The molecule has 0 atom stereocenters. The second kappa shape index (κ2) is 8.61. The van der Waals surface area contributed by atoms with Crippen molar-refractivity contribution in [2.45, 2.75) is 0 Å². The molecule has 0 unspecified atom stereocenters. The molecule has 6 aromatic carbocycles. The maximum atomic E-state index is 6.19. The second-order valence-electron chi connectivity index (χ2n) is 9.67. The summed E-state index contributed by atoms with van der Waals surface area (Å²) in [5.41, 5.74) is 4.51. The summed E-state index contributed by atoms with van der Waals surface area (Å²) in [4.78, 5) is 15.1. The third-order valence-corrected chi connectivity index (χ3v) is 7.33. The Hall–Kier alpha value is -5.35. The Balaban J connectivity index is 1.40. The van der Waals surface area contributed by atoms with Crippen LogP contribution in [-0.4, -0.2) is 15.0 Å². The molecular formula is C35H21N3O. The number of nitrogens with zero attached hydrogens (tertiary/aromatic N) is 3. The van der Waals surface area contributed by atoms with E-state index in [1.165, 1.54) is 0 Å². The zero-order valence-electron chi connectivity index (χ0n) is 20.9. The van der Waals surface area contributed by atoms with Gasteiger partial charge in [0, 0.05) is 27.5 Å². The molecule has 0 aliphatic rings. The van der Waals surface area contributed by atoms with Gasteiger partial charge in [-0.05, 0) is 39.7 Å². The molecule has 0 saturated heterocycles. The molecule has 0 bridgehead atoms. The van der Waals surface area contributed by atoms with Crippen LogP contribution in [0.1, 0.15) is 0 Å². The molecule has 39 heavy (non-hydrogen) atoms. The van der Waals surface area contributed by atoms with Gasteiger partial charge in [-0.1, -0.05) is 109 Å². The molecule has 4 heteroatoms. The van der Waals surface area contributed by atoms with Crippen molar-refractivity contribution in [1.82, 2.24) is 15.0 Å². The van der Waals surface area contributed by atoms with Crippen LogP contribution in [0.25, 0.3) is 77.6 Å². The average Bonchev–Trinajstić information content (AvgIpc) is 3.38. The van der Waals surface area contributed by atoms with Crippen molar-refractivity contribution in [3.8, 4) is 34.2 Å². The van der Waals surface area contributed by atoms with Crippen molar-refractivity contribution >= 4 is 43.5 Å². The standard InChI is InChI=1S/C35H21N3O/c1-3-13-25-22(9-1)11-7-16-29(25)34-36-33(24-19-20-28-27-15-5-6-18-31(27)39-32(28)21-24)37-35(38-34)30-17-8-12-23-10-2-4-14-26(23)30/h1-21H. The van der Waals surface area contributed by atoms with Crippen LogP contribution in [0.3, 0.4) is 0 Å². The number of furan rings is 1. The van der Waals surface area contributed by atoms with Gasteiger partial charge in [-0.3, -0.25) is 0 Å². The first-order chi connectivity index (χ1) is 19.3. The topological polar surface area (TPSA) is 51.8 Å². The molecule has 4 nitrogen and oxygen atoms in total. The second-order valence-corrected chi connectivity index (χ2v) is 9.67. The van der Waals surface area contributed by atoms with Gasteiger partial charge in [0.2, 0.25) is 0 Å². The van der Waals surface area contributed by atoms with E-state index in [1.54, 1.807) is 0 Å². The molecule has 2 heterocycles. The highest BCUT2D eigenvalue weighted by Gasteiger charge is 2.17. The van der Waals surface area contributed by atoms with Gasteiger partial charge in [-0.2, -0.15) is 0 Å². The van der Waals surface area contributed by atoms with Crippen LogP contribution in [0.2, 0.25) is 0 Å². The van der Waals surface area contributed by atoms with E-state index in [2.05, 4.69) is 103 Å². The lowest BCUT2D eigenvalue weighted by Gasteiger charge is -2.11. The first-order valence-electron chi connectivity index (χ1n) is 13.0. The van der Waals surface area contributed by atoms with Crippen molar-refractivity contribution in [3.05, 3.63) is 127 Å². The highest BCUT2D eigenvalue weighted by atomic mass is 16.3. The predicted octanol–water partition coefficient (Wildman–Crippen LogP) is 9.08. The van der Waals surface area contributed by atoms with Gasteiger partial charge in [0.15, 0.2) is 17.5 Å². The molecule has 0 aliphatic heterocycles. The Labute approximate surface area is 224 Å². The van der Waals surface area contributed by atoms with E-state index in [9.17, 15) is 0 Å². The molecule has 0 fully saturated rings. The molecule has 8 aromatic rings. The van der Waals surface area contributed by atoms with Crippen LogP contribution in [0, 0.1) is 0 Å². The molecule has 182 valence electrons. The van der Waals surface area contributed by atoms with Crippen LogP contribution in [0.5, 0.6) is 0 Å². The third kappa shape index (κ3) is 3.57. The van der Waals surface area contributed by atoms with Crippen LogP contribution in [-0.2, 0) is 0 Å². The minimum Gasteiger partial charge on any atom is -0.456 e. The maximum absolute atomic E-state index is 6.19. The van der Waals surface area contributed by atoms with Crippen molar-refractivity contribution in [2.24, 2.45) is 0 Å². The molecule has 8 rings (SSSR count). The lowest BCUT2D eigenvalue weighted by atomic mass is 10.0. The Morgan fingerprint density at radius 1 is 0.385 bits per heavy atom. The lowest BCUT2D eigenvalue weighted by molar-refractivity contribution is 0.669. The summed E-state index contributed by atoms with van der Waals surface area (Å²) in [6, 6.07) is 43.5. The molecule has 2 aromatic heterocycles. The summed E-state index contributed by atoms with van der Waals surface area (Å²) in [5.74, 6) is 1.90. The smallest absolute Gasteiger partial charge is 0.164 e. The van der Waals surface area contributed by atoms with Gasteiger partial charge in [0.05, 0.1) is 0 Å². The van der Waals surface area contributed by atoms with Gasteiger partial charge in [0.1, 0.15) is 11.2 Å². The number of fused-ring (bicyclic) bond motifs is 5. The summed E-state index contributed by atoms with van der Waals surface area (Å²) in [7, 11) is 0. The van der Waals surface area contributed by atoms with Gasteiger partial charge in [0.25, 0.3) is 0 Å². The number of para-hydroxylation sites is 1. The molecule has 0 radical (unpaired) electrons. The number of rotatable bonds is 3. The minimum atomic E-state index is 0.609. The van der Waals surface area contributed by atoms with E-state index >= 15 is 0 Å². The van der Waals surface area contributed by atoms with Crippen LogP contribution in [0.15, 0.2) is 132 Å². The lowest BCUT2D eigenvalue weighted by Crippen LogP contribution is -2.01. The molecule has 0 N–H and O–H groups in total. The van der Waals surface area contributed by atoms with Gasteiger partial charge >= 0.3 is 0 Å². The van der Waals surface area contributed by atoms with Gasteiger partial charge < -0.3 is 4.42 Å². The number of hydrogen-bond donors (Lipinski definition) is 0. The summed E-state index contributed by atoms with van der Waals surface area (Å²) >= 11 is 0. The number of benzene rings is 6. The minimum absolute atomic E-state index is 0.609. The first kappa shape index (κ1) is 21.7. The van der Waals surface area contributed by atoms with Gasteiger partial charge in [-0.25, -0.2) is 15.0 Å². The summed E-state index contributed by atoms with van der Waals surface area (Å²) in [5, 5.41) is 6.68. The molecule has 0 amide bonds. The van der Waals surface area contributed by atoms with E-state index in [4.69, 9.17) is 19.4 Å². The number of hydrogen-bond acceptors (Lipinski definition) is 4. The fourth-order valence-corrected chi connectivity index (χ4v) is 5.45. The van der Waals surface area contributed by atoms with E-state index in [1.807, 2.05) is 24.3 Å². The van der Waals surface area contributed by atoms with Gasteiger partial charge in [-0.15, -0.1) is 0 Å². The Morgan fingerprint density at radius 2 is 0.897 bits per heavy atom.